The highest BCUT2D eigenvalue weighted by Gasteiger charge is 2.28. The third-order valence-electron chi connectivity index (χ3n) is 4.48. The lowest BCUT2D eigenvalue weighted by Crippen LogP contribution is -2.42. The molecule has 8 nitrogen and oxygen atoms in total. The van der Waals surface area contributed by atoms with Crippen molar-refractivity contribution in [2.45, 2.75) is 30.2 Å². The molecule has 2 aromatic rings. The van der Waals surface area contributed by atoms with Gasteiger partial charge in [-0.3, -0.25) is 9.36 Å². The van der Waals surface area contributed by atoms with Crippen LogP contribution in [0.1, 0.15) is 30.0 Å². The second-order valence-corrected chi connectivity index (χ2v) is 7.96. The quantitative estimate of drug-likeness (QED) is 0.745. The van der Waals surface area contributed by atoms with Gasteiger partial charge in [0, 0.05) is 32.0 Å². The van der Waals surface area contributed by atoms with Gasteiger partial charge in [-0.05, 0) is 42.5 Å². The van der Waals surface area contributed by atoms with E-state index in [0.29, 0.717) is 12.1 Å². The molecule has 0 aliphatic heterocycles. The molecule has 1 aliphatic carbocycles. The number of sulfonamides is 1. The van der Waals surface area contributed by atoms with Gasteiger partial charge in [-0.15, -0.1) is 0 Å². The van der Waals surface area contributed by atoms with Crippen molar-refractivity contribution in [2.24, 2.45) is 14.1 Å². The van der Waals surface area contributed by atoms with E-state index in [1.165, 1.54) is 14.1 Å². The first-order valence-electron chi connectivity index (χ1n) is 7.88. The third kappa shape index (κ3) is 3.12. The number of nitrogen functional groups attached to an aromatic ring is 1. The Labute approximate surface area is 145 Å². The largest absolute Gasteiger partial charge is 0.399 e. The molecule has 134 valence electrons. The van der Waals surface area contributed by atoms with E-state index in [1.54, 1.807) is 6.07 Å². The van der Waals surface area contributed by atoms with Crippen molar-refractivity contribution in [3.8, 4) is 0 Å². The fourth-order valence-electron chi connectivity index (χ4n) is 3.17. The zero-order valence-corrected chi connectivity index (χ0v) is 14.8. The van der Waals surface area contributed by atoms with E-state index in [0.717, 1.165) is 39.3 Å². The van der Waals surface area contributed by atoms with Crippen molar-refractivity contribution in [3.05, 3.63) is 56.4 Å². The first-order chi connectivity index (χ1) is 11.7. The number of aryl methyl sites for hydroxylation is 2. The number of benzene rings is 1. The predicted octanol–water partition coefficient (Wildman–Crippen LogP) is 0.0221. The number of hydrogen-bond acceptors (Lipinski definition) is 5. The molecule has 9 heteroatoms. The molecule has 1 heterocycles. The molecule has 0 fully saturated rings. The van der Waals surface area contributed by atoms with Crippen LogP contribution in [-0.4, -0.2) is 17.6 Å². The van der Waals surface area contributed by atoms with Crippen LogP contribution in [0.5, 0.6) is 0 Å². The molecular formula is C16H20N4O4S. The normalized spacial score (nSPS) is 17.3. The van der Waals surface area contributed by atoms with Crippen LogP contribution in [0, 0.1) is 0 Å². The number of rotatable bonds is 3. The lowest BCUT2D eigenvalue weighted by Gasteiger charge is -2.26. The molecular weight excluding hydrogens is 344 g/mol. The average molecular weight is 364 g/mol. The zero-order valence-electron chi connectivity index (χ0n) is 14.0. The summed E-state index contributed by atoms with van der Waals surface area (Å²) in [6.07, 6.45) is 3.33. The van der Waals surface area contributed by atoms with Gasteiger partial charge in [0.1, 0.15) is 0 Å². The minimum absolute atomic E-state index is 0.434. The minimum Gasteiger partial charge on any atom is -0.399 e. The summed E-state index contributed by atoms with van der Waals surface area (Å²) < 4.78 is 30.0. The molecule has 1 aromatic heterocycles. The van der Waals surface area contributed by atoms with Crippen LogP contribution in [0.4, 0.5) is 5.69 Å². The van der Waals surface area contributed by atoms with E-state index in [2.05, 4.69) is 4.72 Å². The number of hydrogen-bond donors (Lipinski definition) is 2. The van der Waals surface area contributed by atoms with Gasteiger partial charge in [0.2, 0.25) is 10.0 Å². The molecule has 0 bridgehead atoms. The zero-order chi connectivity index (χ0) is 18.4. The molecule has 1 unspecified atom stereocenters. The summed E-state index contributed by atoms with van der Waals surface area (Å²) in [5.41, 5.74) is 6.88. The van der Waals surface area contributed by atoms with Crippen molar-refractivity contribution in [1.29, 1.82) is 0 Å². The lowest BCUT2D eigenvalue weighted by atomic mass is 9.88. The summed E-state index contributed by atoms with van der Waals surface area (Å²) in [4.78, 5) is 23.5. The minimum atomic E-state index is -4.08. The Kier molecular flexibility index (Phi) is 4.29. The van der Waals surface area contributed by atoms with Crippen LogP contribution in [0.15, 0.2) is 38.9 Å². The number of nitrogens with two attached hydrogens (primary N) is 1. The molecule has 1 atom stereocenters. The number of nitrogens with one attached hydrogen (secondary N) is 1. The van der Waals surface area contributed by atoms with Crippen LogP contribution in [-0.2, 0) is 30.5 Å². The van der Waals surface area contributed by atoms with E-state index in [9.17, 15) is 18.0 Å². The molecule has 25 heavy (non-hydrogen) atoms. The fraction of sp³-hybridized carbons (Fsp3) is 0.375. The summed E-state index contributed by atoms with van der Waals surface area (Å²) in [6, 6.07) is 4.96. The van der Waals surface area contributed by atoms with E-state index in [1.807, 2.05) is 12.1 Å². The van der Waals surface area contributed by atoms with Crippen LogP contribution in [0.25, 0.3) is 0 Å². The standard InChI is InChI=1S/C16H20N4O4S/c1-19-9-14(15(21)20(2)16(19)22)25(23,24)18-13-5-3-4-10-8-11(17)6-7-12(10)13/h6-9,13,18H,3-5,17H2,1-2H3. The highest BCUT2D eigenvalue weighted by atomic mass is 32.2. The lowest BCUT2D eigenvalue weighted by molar-refractivity contribution is 0.504. The van der Waals surface area contributed by atoms with Crippen LogP contribution < -0.4 is 21.7 Å². The Morgan fingerprint density at radius 1 is 1.24 bits per heavy atom. The second kappa shape index (κ2) is 6.16. The molecule has 3 rings (SSSR count). The SMILES string of the molecule is Cn1cc(S(=O)(=O)NC2CCCc3cc(N)ccc32)c(=O)n(C)c1=O. The Bertz CT molecular complexity index is 1050. The maximum atomic E-state index is 12.7. The molecule has 0 saturated heterocycles. The second-order valence-electron chi connectivity index (χ2n) is 6.28. The van der Waals surface area contributed by atoms with Gasteiger partial charge in [-0.1, -0.05) is 6.07 Å². The highest BCUT2D eigenvalue weighted by molar-refractivity contribution is 7.89. The Morgan fingerprint density at radius 2 is 1.96 bits per heavy atom. The topological polar surface area (TPSA) is 116 Å². The number of anilines is 1. The summed E-state index contributed by atoms with van der Waals surface area (Å²) in [5.74, 6) is 0. The van der Waals surface area contributed by atoms with Crippen molar-refractivity contribution in [3.63, 3.8) is 0 Å². The van der Waals surface area contributed by atoms with Crippen molar-refractivity contribution >= 4 is 15.7 Å². The maximum absolute atomic E-state index is 12.7. The Morgan fingerprint density at radius 3 is 2.68 bits per heavy atom. The monoisotopic (exact) mass is 364 g/mol. The summed E-state index contributed by atoms with van der Waals surface area (Å²) >= 11 is 0. The highest BCUT2D eigenvalue weighted by Crippen LogP contribution is 2.31. The molecule has 3 N–H and O–H groups in total. The van der Waals surface area contributed by atoms with Gasteiger partial charge in [0.25, 0.3) is 5.56 Å². The fourth-order valence-corrected chi connectivity index (χ4v) is 4.58. The van der Waals surface area contributed by atoms with Crippen LogP contribution in [0.3, 0.4) is 0 Å². The number of fused-ring (bicyclic) bond motifs is 1. The summed E-state index contributed by atoms with van der Waals surface area (Å²) in [7, 11) is -1.42. The summed E-state index contributed by atoms with van der Waals surface area (Å²) in [6.45, 7) is 0. The van der Waals surface area contributed by atoms with Crippen LogP contribution >= 0.6 is 0 Å². The van der Waals surface area contributed by atoms with E-state index in [-0.39, 0.29) is 0 Å². The van der Waals surface area contributed by atoms with Crippen molar-refractivity contribution in [2.75, 3.05) is 5.73 Å². The summed E-state index contributed by atoms with van der Waals surface area (Å²) in [5, 5.41) is 0. The van der Waals surface area contributed by atoms with Gasteiger partial charge in [-0.25, -0.2) is 17.9 Å². The maximum Gasteiger partial charge on any atom is 0.330 e. The molecule has 0 spiro atoms. The number of aromatic nitrogens is 2. The van der Waals surface area contributed by atoms with E-state index >= 15 is 0 Å². The molecule has 0 amide bonds. The molecule has 0 radical (unpaired) electrons. The number of nitrogens with zero attached hydrogens (tertiary/aromatic N) is 2. The Hall–Kier alpha value is -2.39. The first kappa shape index (κ1) is 17.4. The average Bonchev–Trinajstić information content (AvgIpc) is 2.55. The van der Waals surface area contributed by atoms with Gasteiger partial charge in [-0.2, -0.15) is 0 Å². The van der Waals surface area contributed by atoms with Gasteiger partial charge < -0.3 is 10.3 Å². The van der Waals surface area contributed by atoms with E-state index in [4.69, 9.17) is 5.73 Å². The van der Waals surface area contributed by atoms with E-state index < -0.39 is 32.2 Å². The first-order valence-corrected chi connectivity index (χ1v) is 9.36. The van der Waals surface area contributed by atoms with Gasteiger partial charge >= 0.3 is 5.69 Å². The van der Waals surface area contributed by atoms with Gasteiger partial charge in [0.05, 0.1) is 0 Å². The van der Waals surface area contributed by atoms with Crippen molar-refractivity contribution in [1.82, 2.24) is 13.9 Å². The smallest absolute Gasteiger partial charge is 0.330 e. The molecule has 0 saturated carbocycles. The molecule has 1 aromatic carbocycles. The Balaban J connectivity index is 2.02. The third-order valence-corrected chi connectivity index (χ3v) is 5.94. The molecule has 1 aliphatic rings. The van der Waals surface area contributed by atoms with Crippen LogP contribution in [0.2, 0.25) is 0 Å². The van der Waals surface area contributed by atoms with Crippen molar-refractivity contribution < 1.29 is 8.42 Å². The van der Waals surface area contributed by atoms with Gasteiger partial charge in [0.15, 0.2) is 4.90 Å². The predicted molar refractivity (Wildman–Crippen MR) is 93.8 cm³/mol.